The Labute approximate surface area is 189 Å². The third kappa shape index (κ3) is 4.31. The minimum atomic E-state index is -3.97. The smallest absolute Gasteiger partial charge is 0.285 e. The number of amides is 1. The molecule has 1 amide bonds. The maximum Gasteiger partial charge on any atom is 0.285 e. The summed E-state index contributed by atoms with van der Waals surface area (Å²) in [6, 6.07) is 10.8. The van der Waals surface area contributed by atoms with Gasteiger partial charge in [-0.3, -0.25) is 9.69 Å². The first kappa shape index (κ1) is 22.5. The molecule has 1 N–H and O–H groups in total. The fourth-order valence-corrected chi connectivity index (χ4v) is 6.42. The molecule has 1 saturated heterocycles. The number of hydrogen-bond acceptors (Lipinski definition) is 7. The molecule has 9 heteroatoms. The summed E-state index contributed by atoms with van der Waals surface area (Å²) in [5.41, 5.74) is 0.741. The normalized spacial score (nSPS) is 20.2. The maximum atomic E-state index is 13.4. The molecule has 2 aromatic rings. The van der Waals surface area contributed by atoms with E-state index < -0.39 is 21.5 Å². The highest BCUT2D eigenvalue weighted by atomic mass is 32.2. The van der Waals surface area contributed by atoms with Gasteiger partial charge in [0.2, 0.25) is 0 Å². The van der Waals surface area contributed by atoms with Gasteiger partial charge in [-0.05, 0) is 46.1 Å². The minimum Gasteiger partial charge on any atom is -0.377 e. The van der Waals surface area contributed by atoms with E-state index in [1.165, 1.54) is 0 Å². The van der Waals surface area contributed by atoms with Crippen molar-refractivity contribution >= 4 is 20.8 Å². The van der Waals surface area contributed by atoms with Crippen molar-refractivity contribution in [2.24, 2.45) is 0 Å². The van der Waals surface area contributed by atoms with E-state index in [0.29, 0.717) is 12.1 Å². The molecule has 4 rings (SSSR count). The van der Waals surface area contributed by atoms with Crippen LogP contribution in [0.5, 0.6) is 0 Å². The van der Waals surface area contributed by atoms with Crippen molar-refractivity contribution in [2.75, 3.05) is 13.1 Å². The van der Waals surface area contributed by atoms with Crippen LogP contribution in [-0.4, -0.2) is 53.4 Å². The lowest BCUT2D eigenvalue weighted by molar-refractivity contribution is -0.125. The van der Waals surface area contributed by atoms with Gasteiger partial charge < -0.3 is 9.84 Å². The highest BCUT2D eigenvalue weighted by Gasteiger charge is 2.49. The van der Waals surface area contributed by atoms with Crippen LogP contribution in [0.2, 0.25) is 0 Å². The minimum absolute atomic E-state index is 0.0121. The molecule has 0 atom stereocenters. The van der Waals surface area contributed by atoms with E-state index in [2.05, 4.69) is 15.4 Å². The average molecular weight is 459 g/mol. The van der Waals surface area contributed by atoms with Crippen LogP contribution in [0, 0.1) is 6.92 Å². The van der Waals surface area contributed by atoms with Crippen LogP contribution in [0.3, 0.4) is 0 Å². The van der Waals surface area contributed by atoms with Crippen LogP contribution in [-0.2, 0) is 21.4 Å². The van der Waals surface area contributed by atoms with Gasteiger partial charge in [-0.15, -0.1) is 0 Å². The number of likely N-dealkylation sites (tertiary alicyclic amines) is 1. The van der Waals surface area contributed by atoms with E-state index in [9.17, 15) is 13.2 Å². The summed E-state index contributed by atoms with van der Waals surface area (Å²) in [7, 11) is -3.97. The van der Waals surface area contributed by atoms with Gasteiger partial charge in [0.1, 0.15) is 16.4 Å². The standard InChI is InChI=1S/C23H30N4O4S/c1-16-14-19(25-31-16)15-26-12-10-18(11-13-26)24-20-21(17-8-6-5-7-9-17)32(29,30)27(22(20)28)23(2,3)4/h5-9,14,18,24H,10-13,15H2,1-4H3. The van der Waals surface area contributed by atoms with Gasteiger partial charge in [0.25, 0.3) is 15.9 Å². The largest absolute Gasteiger partial charge is 0.377 e. The van der Waals surface area contributed by atoms with Crippen LogP contribution < -0.4 is 5.32 Å². The van der Waals surface area contributed by atoms with Crippen molar-refractivity contribution in [2.45, 2.75) is 58.7 Å². The molecule has 1 aromatic heterocycles. The van der Waals surface area contributed by atoms with Gasteiger partial charge >= 0.3 is 0 Å². The number of carbonyl (C=O) groups is 1. The Morgan fingerprint density at radius 1 is 1.16 bits per heavy atom. The molecule has 0 unspecified atom stereocenters. The van der Waals surface area contributed by atoms with Crippen LogP contribution in [0.25, 0.3) is 4.91 Å². The van der Waals surface area contributed by atoms with Crippen molar-refractivity contribution < 1.29 is 17.7 Å². The first-order valence-electron chi connectivity index (χ1n) is 10.9. The molecule has 2 aliphatic heterocycles. The summed E-state index contributed by atoms with van der Waals surface area (Å²) in [5, 5.41) is 7.37. The quantitative estimate of drug-likeness (QED) is 0.736. The predicted octanol–water partition coefficient (Wildman–Crippen LogP) is 2.88. The molecule has 8 nitrogen and oxygen atoms in total. The molecule has 0 saturated carbocycles. The molecule has 3 heterocycles. The number of rotatable bonds is 5. The van der Waals surface area contributed by atoms with Gasteiger partial charge in [0.15, 0.2) is 0 Å². The van der Waals surface area contributed by atoms with E-state index >= 15 is 0 Å². The zero-order valence-corrected chi connectivity index (χ0v) is 19.8. The van der Waals surface area contributed by atoms with Crippen molar-refractivity contribution in [1.82, 2.24) is 19.7 Å². The molecule has 172 valence electrons. The molecule has 0 radical (unpaired) electrons. The monoisotopic (exact) mass is 458 g/mol. The molecule has 0 bridgehead atoms. The number of nitrogens with one attached hydrogen (secondary N) is 1. The van der Waals surface area contributed by atoms with Gasteiger partial charge in [-0.2, -0.15) is 0 Å². The molecule has 1 aromatic carbocycles. The van der Waals surface area contributed by atoms with E-state index in [4.69, 9.17) is 4.52 Å². The summed E-state index contributed by atoms with van der Waals surface area (Å²) in [6.07, 6.45) is 1.59. The Hall–Kier alpha value is -2.65. The second-order valence-electron chi connectivity index (χ2n) is 9.44. The molecular formula is C23H30N4O4S. The molecule has 0 spiro atoms. The van der Waals surface area contributed by atoms with Gasteiger partial charge in [-0.25, -0.2) is 12.7 Å². The number of aryl methyl sites for hydroxylation is 1. The predicted molar refractivity (Wildman–Crippen MR) is 122 cm³/mol. The van der Waals surface area contributed by atoms with E-state index in [0.717, 1.165) is 41.7 Å². The lowest BCUT2D eigenvalue weighted by Crippen LogP contribution is -2.48. The highest BCUT2D eigenvalue weighted by molar-refractivity contribution is 7.99. The number of carbonyl (C=O) groups excluding carboxylic acids is 1. The average Bonchev–Trinajstić information content (AvgIpc) is 3.21. The fraction of sp³-hybridized carbons (Fsp3) is 0.478. The topological polar surface area (TPSA) is 95.8 Å². The summed E-state index contributed by atoms with van der Waals surface area (Å²) in [5.74, 6) is 0.304. The number of piperidine rings is 1. The van der Waals surface area contributed by atoms with Gasteiger partial charge in [-0.1, -0.05) is 35.5 Å². The van der Waals surface area contributed by atoms with E-state index in [1.807, 2.05) is 19.1 Å². The first-order valence-corrected chi connectivity index (χ1v) is 12.3. The number of aromatic nitrogens is 1. The third-order valence-electron chi connectivity index (χ3n) is 5.77. The maximum absolute atomic E-state index is 13.4. The SMILES string of the molecule is Cc1cc(CN2CCC(NC3=C(c4ccccc4)S(=O)(=O)N(C(C)(C)C)C3=O)CC2)no1. The highest BCUT2D eigenvalue weighted by Crippen LogP contribution is 2.39. The summed E-state index contributed by atoms with van der Waals surface area (Å²) < 4.78 is 33.0. The summed E-state index contributed by atoms with van der Waals surface area (Å²) >= 11 is 0. The van der Waals surface area contributed by atoms with Crippen LogP contribution >= 0.6 is 0 Å². The second-order valence-corrected chi connectivity index (χ2v) is 11.2. The fourth-order valence-electron chi connectivity index (χ4n) is 4.36. The Kier molecular flexibility index (Phi) is 5.89. The second kappa shape index (κ2) is 8.37. The van der Waals surface area contributed by atoms with Crippen LogP contribution in [0.4, 0.5) is 0 Å². The Balaban J connectivity index is 1.56. The van der Waals surface area contributed by atoms with Crippen molar-refractivity contribution in [3.63, 3.8) is 0 Å². The zero-order chi connectivity index (χ0) is 23.1. The first-order chi connectivity index (χ1) is 15.1. The Bertz CT molecular complexity index is 1120. The van der Waals surface area contributed by atoms with Crippen LogP contribution in [0.15, 0.2) is 46.6 Å². The third-order valence-corrected chi connectivity index (χ3v) is 7.92. The summed E-state index contributed by atoms with van der Waals surface area (Å²) in [4.78, 5) is 15.7. The summed E-state index contributed by atoms with van der Waals surface area (Å²) in [6.45, 7) is 9.43. The molecule has 0 aliphatic carbocycles. The molecule has 32 heavy (non-hydrogen) atoms. The number of hydrogen-bond donors (Lipinski definition) is 1. The van der Waals surface area contributed by atoms with E-state index in [1.54, 1.807) is 45.0 Å². The number of sulfonamides is 1. The lowest BCUT2D eigenvalue weighted by atomic mass is 10.0. The number of nitrogens with zero attached hydrogens (tertiary/aromatic N) is 3. The number of benzene rings is 1. The Morgan fingerprint density at radius 2 is 1.81 bits per heavy atom. The van der Waals surface area contributed by atoms with Gasteiger partial charge in [0, 0.05) is 31.7 Å². The van der Waals surface area contributed by atoms with Crippen molar-refractivity contribution in [3.05, 3.63) is 59.1 Å². The van der Waals surface area contributed by atoms with Crippen LogP contribution in [0.1, 0.15) is 50.6 Å². The molecule has 2 aliphatic rings. The molecule has 1 fully saturated rings. The zero-order valence-electron chi connectivity index (χ0n) is 19.0. The molecular weight excluding hydrogens is 428 g/mol. The van der Waals surface area contributed by atoms with Gasteiger partial charge in [0.05, 0.1) is 11.2 Å². The van der Waals surface area contributed by atoms with Crippen molar-refractivity contribution in [3.8, 4) is 0 Å². The lowest BCUT2D eigenvalue weighted by Gasteiger charge is -2.33. The van der Waals surface area contributed by atoms with Crippen molar-refractivity contribution in [1.29, 1.82) is 0 Å². The van der Waals surface area contributed by atoms with E-state index in [-0.39, 0.29) is 16.6 Å². The Morgan fingerprint density at radius 3 is 2.38 bits per heavy atom.